The number of hydrogen-bond donors (Lipinski definition) is 1. The molecule has 0 aromatic carbocycles. The first-order valence-electron chi connectivity index (χ1n) is 7.52. The summed E-state index contributed by atoms with van der Waals surface area (Å²) in [7, 11) is 0. The summed E-state index contributed by atoms with van der Waals surface area (Å²) in [6, 6.07) is 1.66. The van der Waals surface area contributed by atoms with Gasteiger partial charge in [0.2, 0.25) is 0 Å². The van der Waals surface area contributed by atoms with Crippen LogP contribution >= 0.6 is 0 Å². The Kier molecular flexibility index (Phi) is 5.26. The molecule has 0 bridgehead atoms. The molecule has 3 heteroatoms. The van der Waals surface area contributed by atoms with Crippen LogP contribution in [0.15, 0.2) is 0 Å². The van der Waals surface area contributed by atoms with Crippen LogP contribution in [0.2, 0.25) is 0 Å². The van der Waals surface area contributed by atoms with Gasteiger partial charge in [0.25, 0.3) is 0 Å². The maximum absolute atomic E-state index is 3.75. The number of nitrogens with one attached hydrogen (secondary N) is 1. The molecule has 1 saturated carbocycles. The summed E-state index contributed by atoms with van der Waals surface area (Å²) in [5, 5.41) is 3.75. The summed E-state index contributed by atoms with van der Waals surface area (Å²) >= 11 is 0. The molecule has 2 rings (SSSR count). The molecule has 1 saturated heterocycles. The Morgan fingerprint density at radius 1 is 1.12 bits per heavy atom. The molecule has 0 aromatic heterocycles. The molecule has 0 aromatic rings. The van der Waals surface area contributed by atoms with Gasteiger partial charge in [0.1, 0.15) is 0 Å². The van der Waals surface area contributed by atoms with E-state index in [9.17, 15) is 0 Å². The van der Waals surface area contributed by atoms with Crippen LogP contribution in [0.25, 0.3) is 0 Å². The Hall–Kier alpha value is -0.120. The van der Waals surface area contributed by atoms with E-state index in [0.717, 1.165) is 12.1 Å². The standard InChI is InChI=1S/C14H29N3/c1-3-16(4-2)9-5-10-17-11-8-14(12-17)15-13-6-7-13/h13-15H,3-12H2,1-2H3. The SMILES string of the molecule is CCN(CC)CCCN1CCC(NC2CC2)C1. The van der Waals surface area contributed by atoms with E-state index in [2.05, 4.69) is 29.0 Å². The van der Waals surface area contributed by atoms with Gasteiger partial charge >= 0.3 is 0 Å². The van der Waals surface area contributed by atoms with Crippen LogP contribution in [0, 0.1) is 0 Å². The van der Waals surface area contributed by atoms with Crippen molar-refractivity contribution in [1.29, 1.82) is 0 Å². The van der Waals surface area contributed by atoms with Crippen LogP contribution in [-0.2, 0) is 0 Å². The third-order valence-electron chi connectivity index (χ3n) is 4.16. The van der Waals surface area contributed by atoms with Crippen molar-refractivity contribution in [2.45, 2.75) is 51.6 Å². The van der Waals surface area contributed by atoms with Crippen LogP contribution in [0.3, 0.4) is 0 Å². The highest BCUT2D eigenvalue weighted by Gasteiger charge is 2.28. The van der Waals surface area contributed by atoms with E-state index >= 15 is 0 Å². The van der Waals surface area contributed by atoms with Gasteiger partial charge in [-0.2, -0.15) is 0 Å². The Labute approximate surface area is 107 Å². The highest BCUT2D eigenvalue weighted by atomic mass is 15.2. The number of nitrogens with zero attached hydrogens (tertiary/aromatic N) is 2. The normalized spacial score (nSPS) is 25.9. The molecule has 2 fully saturated rings. The van der Waals surface area contributed by atoms with Gasteiger partial charge in [0.05, 0.1) is 0 Å². The van der Waals surface area contributed by atoms with Crippen LogP contribution in [0.5, 0.6) is 0 Å². The Morgan fingerprint density at radius 3 is 2.53 bits per heavy atom. The van der Waals surface area contributed by atoms with E-state index in [-0.39, 0.29) is 0 Å². The second-order valence-corrected chi connectivity index (χ2v) is 5.61. The van der Waals surface area contributed by atoms with Gasteiger partial charge in [-0.3, -0.25) is 0 Å². The van der Waals surface area contributed by atoms with Gasteiger partial charge in [0.15, 0.2) is 0 Å². The second kappa shape index (κ2) is 6.72. The van der Waals surface area contributed by atoms with Crippen molar-refractivity contribution in [3.8, 4) is 0 Å². The highest BCUT2D eigenvalue weighted by Crippen LogP contribution is 2.21. The first kappa shape index (κ1) is 13.3. The molecule has 2 aliphatic rings. The summed E-state index contributed by atoms with van der Waals surface area (Å²) in [6.07, 6.45) is 5.52. The van der Waals surface area contributed by atoms with Gasteiger partial charge in [-0.05, 0) is 58.4 Å². The van der Waals surface area contributed by atoms with Gasteiger partial charge in [-0.15, -0.1) is 0 Å². The van der Waals surface area contributed by atoms with Crippen LogP contribution < -0.4 is 5.32 Å². The van der Waals surface area contributed by atoms with Crippen molar-refractivity contribution in [2.24, 2.45) is 0 Å². The summed E-state index contributed by atoms with van der Waals surface area (Å²) in [4.78, 5) is 5.17. The number of likely N-dealkylation sites (tertiary alicyclic amines) is 1. The monoisotopic (exact) mass is 239 g/mol. The fourth-order valence-corrected chi connectivity index (χ4v) is 2.81. The number of rotatable bonds is 8. The molecule has 1 aliphatic carbocycles. The highest BCUT2D eigenvalue weighted by molar-refractivity contribution is 4.89. The van der Waals surface area contributed by atoms with Crippen LogP contribution in [0.4, 0.5) is 0 Å². The average Bonchev–Trinajstić information content (AvgIpc) is 3.04. The lowest BCUT2D eigenvalue weighted by Crippen LogP contribution is -2.35. The molecule has 17 heavy (non-hydrogen) atoms. The summed E-state index contributed by atoms with van der Waals surface area (Å²) in [6.45, 7) is 12.1. The summed E-state index contributed by atoms with van der Waals surface area (Å²) in [5.74, 6) is 0. The van der Waals surface area contributed by atoms with E-state index in [4.69, 9.17) is 0 Å². The fourth-order valence-electron chi connectivity index (χ4n) is 2.81. The molecule has 1 unspecified atom stereocenters. The molecule has 1 aliphatic heterocycles. The predicted molar refractivity (Wildman–Crippen MR) is 73.4 cm³/mol. The fraction of sp³-hybridized carbons (Fsp3) is 1.00. The minimum absolute atomic E-state index is 0.788. The van der Waals surface area contributed by atoms with Crippen molar-refractivity contribution in [2.75, 3.05) is 39.3 Å². The minimum Gasteiger partial charge on any atom is -0.310 e. The smallest absolute Gasteiger partial charge is 0.0209 e. The molecule has 1 N–H and O–H groups in total. The Balaban J connectivity index is 1.54. The topological polar surface area (TPSA) is 18.5 Å². The first-order chi connectivity index (χ1) is 8.31. The summed E-state index contributed by atoms with van der Waals surface area (Å²) in [5.41, 5.74) is 0. The lowest BCUT2D eigenvalue weighted by Gasteiger charge is -2.21. The predicted octanol–water partition coefficient (Wildman–Crippen LogP) is 1.54. The third-order valence-corrected chi connectivity index (χ3v) is 4.16. The van der Waals surface area contributed by atoms with E-state index < -0.39 is 0 Å². The molecule has 3 nitrogen and oxygen atoms in total. The molecule has 1 heterocycles. The largest absolute Gasteiger partial charge is 0.310 e. The van der Waals surface area contributed by atoms with Crippen molar-refractivity contribution < 1.29 is 0 Å². The van der Waals surface area contributed by atoms with Gasteiger partial charge < -0.3 is 15.1 Å². The van der Waals surface area contributed by atoms with Crippen LogP contribution in [0.1, 0.15) is 39.5 Å². The maximum atomic E-state index is 3.75. The molecule has 100 valence electrons. The molecule has 0 radical (unpaired) electrons. The second-order valence-electron chi connectivity index (χ2n) is 5.61. The molecule has 0 spiro atoms. The molecule has 1 atom stereocenters. The first-order valence-corrected chi connectivity index (χ1v) is 7.52. The van der Waals surface area contributed by atoms with Gasteiger partial charge in [-0.25, -0.2) is 0 Å². The van der Waals surface area contributed by atoms with Crippen molar-refractivity contribution in [1.82, 2.24) is 15.1 Å². The molecular formula is C14H29N3. The minimum atomic E-state index is 0.788. The van der Waals surface area contributed by atoms with Gasteiger partial charge in [0, 0.05) is 18.6 Å². The zero-order chi connectivity index (χ0) is 12.1. The van der Waals surface area contributed by atoms with E-state index in [1.807, 2.05) is 0 Å². The lowest BCUT2D eigenvalue weighted by atomic mass is 10.2. The van der Waals surface area contributed by atoms with Crippen LogP contribution in [-0.4, -0.2) is 61.2 Å². The Bertz CT molecular complexity index is 212. The van der Waals surface area contributed by atoms with E-state index in [0.29, 0.717) is 0 Å². The third kappa shape index (κ3) is 4.57. The van der Waals surface area contributed by atoms with Crippen molar-refractivity contribution in [3.63, 3.8) is 0 Å². The van der Waals surface area contributed by atoms with E-state index in [1.165, 1.54) is 65.0 Å². The zero-order valence-electron chi connectivity index (χ0n) is 11.6. The maximum Gasteiger partial charge on any atom is 0.0209 e. The molecule has 0 amide bonds. The quantitative estimate of drug-likeness (QED) is 0.693. The van der Waals surface area contributed by atoms with E-state index in [1.54, 1.807) is 0 Å². The average molecular weight is 239 g/mol. The van der Waals surface area contributed by atoms with Crippen molar-refractivity contribution >= 4 is 0 Å². The molecular weight excluding hydrogens is 210 g/mol. The Morgan fingerprint density at radius 2 is 1.88 bits per heavy atom. The van der Waals surface area contributed by atoms with Gasteiger partial charge in [-0.1, -0.05) is 13.8 Å². The number of hydrogen-bond acceptors (Lipinski definition) is 3. The lowest BCUT2D eigenvalue weighted by molar-refractivity contribution is 0.260. The zero-order valence-corrected chi connectivity index (χ0v) is 11.6. The summed E-state index contributed by atoms with van der Waals surface area (Å²) < 4.78 is 0. The van der Waals surface area contributed by atoms with Crippen molar-refractivity contribution in [3.05, 3.63) is 0 Å².